The molecule has 0 saturated carbocycles. The fraction of sp³-hybridized carbons (Fsp3) is 0.357. The first-order valence-electron chi connectivity index (χ1n) is 7.61. The highest BCUT2D eigenvalue weighted by Gasteiger charge is 2.35. The van der Waals surface area contributed by atoms with Crippen LogP contribution in [0, 0.1) is 0 Å². The first kappa shape index (κ1) is 19.6. The minimum atomic E-state index is -4.55. The molecule has 8 nitrogen and oxygen atoms in total. The summed E-state index contributed by atoms with van der Waals surface area (Å²) in [5, 5.41) is 15.8. The Labute approximate surface area is 163 Å². The molecule has 144 valence electrons. The lowest BCUT2D eigenvalue weighted by Gasteiger charge is -2.07. The van der Waals surface area contributed by atoms with Gasteiger partial charge in [0, 0.05) is 19.8 Å². The third-order valence-corrected chi connectivity index (χ3v) is 4.92. The molecule has 0 saturated heterocycles. The van der Waals surface area contributed by atoms with Gasteiger partial charge in [0.25, 0.3) is 5.91 Å². The predicted octanol–water partition coefficient (Wildman–Crippen LogP) is 3.11. The van der Waals surface area contributed by atoms with Crippen LogP contribution in [0.4, 0.5) is 13.2 Å². The van der Waals surface area contributed by atoms with Crippen LogP contribution in [-0.2, 0) is 19.8 Å². The second-order valence-electron chi connectivity index (χ2n) is 5.37. The fourth-order valence-electron chi connectivity index (χ4n) is 2.31. The third kappa shape index (κ3) is 4.08. The van der Waals surface area contributed by atoms with E-state index in [-0.39, 0.29) is 23.2 Å². The van der Waals surface area contributed by atoms with Gasteiger partial charge in [0.2, 0.25) is 0 Å². The molecule has 0 aliphatic carbocycles. The van der Waals surface area contributed by atoms with Crippen molar-refractivity contribution in [2.45, 2.75) is 24.8 Å². The van der Waals surface area contributed by atoms with E-state index >= 15 is 0 Å². The lowest BCUT2D eigenvalue weighted by molar-refractivity contribution is -0.141. The van der Waals surface area contributed by atoms with Gasteiger partial charge in [-0.25, -0.2) is 4.68 Å². The van der Waals surface area contributed by atoms with Crippen LogP contribution in [0.2, 0.25) is 0 Å². The van der Waals surface area contributed by atoms with Crippen LogP contribution in [0.25, 0.3) is 11.5 Å². The Bertz CT molecular complexity index is 978. The largest absolute Gasteiger partial charge is 0.435 e. The highest BCUT2D eigenvalue weighted by atomic mass is 79.9. The summed E-state index contributed by atoms with van der Waals surface area (Å²) in [6.07, 6.45) is -1.52. The summed E-state index contributed by atoms with van der Waals surface area (Å²) >= 11 is 4.34. The van der Waals surface area contributed by atoms with E-state index < -0.39 is 11.9 Å². The van der Waals surface area contributed by atoms with E-state index in [1.54, 1.807) is 4.57 Å². The van der Waals surface area contributed by atoms with E-state index in [1.807, 2.05) is 6.92 Å². The maximum atomic E-state index is 12.9. The molecule has 3 aromatic rings. The molecule has 3 aromatic heterocycles. The number of hydrogen-bond donors (Lipinski definition) is 0. The molecule has 0 bridgehead atoms. The maximum absolute atomic E-state index is 12.9. The van der Waals surface area contributed by atoms with Gasteiger partial charge in [-0.15, -0.1) is 10.2 Å². The molecular formula is C14H13BrF3N7OS. The lowest BCUT2D eigenvalue weighted by Crippen LogP contribution is -2.14. The SMILES string of the molecule is CCn1c(SCC(=O)n2cc(Br)cn2)nnc1-c1cc(C(F)(F)F)nn1C. The van der Waals surface area contributed by atoms with E-state index in [2.05, 4.69) is 36.3 Å². The Balaban J connectivity index is 1.83. The van der Waals surface area contributed by atoms with Gasteiger partial charge in [0.05, 0.1) is 16.4 Å². The van der Waals surface area contributed by atoms with Crippen molar-refractivity contribution >= 4 is 33.6 Å². The van der Waals surface area contributed by atoms with Crippen LogP contribution >= 0.6 is 27.7 Å². The fourth-order valence-corrected chi connectivity index (χ4v) is 3.46. The number of aromatic nitrogens is 7. The number of halogens is 4. The van der Waals surface area contributed by atoms with Crippen molar-refractivity contribution < 1.29 is 18.0 Å². The van der Waals surface area contributed by atoms with Crippen molar-refractivity contribution in [1.29, 1.82) is 0 Å². The van der Waals surface area contributed by atoms with Crippen molar-refractivity contribution in [3.63, 3.8) is 0 Å². The van der Waals surface area contributed by atoms with Gasteiger partial charge in [0.15, 0.2) is 16.7 Å². The molecule has 0 amide bonds. The minimum Gasteiger partial charge on any atom is -0.301 e. The molecule has 0 atom stereocenters. The topological polar surface area (TPSA) is 83.4 Å². The molecular weight excluding hydrogens is 451 g/mol. The van der Waals surface area contributed by atoms with Crippen LogP contribution in [-0.4, -0.2) is 46.0 Å². The van der Waals surface area contributed by atoms with E-state index in [1.165, 1.54) is 24.1 Å². The van der Waals surface area contributed by atoms with Gasteiger partial charge in [-0.1, -0.05) is 11.8 Å². The highest BCUT2D eigenvalue weighted by Crippen LogP contribution is 2.32. The molecule has 0 aliphatic rings. The Morgan fingerprint density at radius 3 is 2.63 bits per heavy atom. The lowest BCUT2D eigenvalue weighted by atomic mass is 10.3. The van der Waals surface area contributed by atoms with Gasteiger partial charge in [0.1, 0.15) is 5.69 Å². The quantitative estimate of drug-likeness (QED) is 0.540. The second kappa shape index (κ2) is 7.46. The maximum Gasteiger partial charge on any atom is 0.435 e. The number of thioether (sulfide) groups is 1. The molecule has 27 heavy (non-hydrogen) atoms. The first-order chi connectivity index (χ1) is 12.7. The van der Waals surface area contributed by atoms with E-state index in [0.29, 0.717) is 16.2 Å². The normalized spacial score (nSPS) is 11.9. The average molecular weight is 464 g/mol. The molecule has 0 unspecified atom stereocenters. The molecule has 3 heterocycles. The summed E-state index contributed by atoms with van der Waals surface area (Å²) in [5.41, 5.74) is -0.815. The standard InChI is InChI=1S/C14H13BrF3N7OS/c1-3-24-12(9-4-10(14(16,17)18)22-23(9)2)20-21-13(24)27-7-11(26)25-6-8(15)5-19-25/h4-6H,3,7H2,1-2H3. The summed E-state index contributed by atoms with van der Waals surface area (Å²) in [5.74, 6) is 0.0309. The zero-order valence-electron chi connectivity index (χ0n) is 14.1. The van der Waals surface area contributed by atoms with E-state index in [4.69, 9.17) is 0 Å². The zero-order valence-corrected chi connectivity index (χ0v) is 16.5. The molecule has 0 fully saturated rings. The minimum absolute atomic E-state index is 0.0471. The first-order valence-corrected chi connectivity index (χ1v) is 9.39. The Kier molecular flexibility index (Phi) is 5.42. The third-order valence-electron chi connectivity index (χ3n) is 3.56. The Morgan fingerprint density at radius 2 is 2.07 bits per heavy atom. The number of alkyl halides is 3. The molecule has 3 rings (SSSR count). The van der Waals surface area contributed by atoms with Crippen LogP contribution < -0.4 is 0 Å². The number of nitrogens with zero attached hydrogens (tertiary/aromatic N) is 7. The summed E-state index contributed by atoms with van der Waals surface area (Å²) in [6.45, 7) is 2.23. The van der Waals surface area contributed by atoms with Crippen LogP contribution in [0.3, 0.4) is 0 Å². The van der Waals surface area contributed by atoms with E-state index in [0.717, 1.165) is 22.5 Å². The molecule has 0 aromatic carbocycles. The van der Waals surface area contributed by atoms with Crippen molar-refractivity contribution in [2.75, 3.05) is 5.75 Å². The van der Waals surface area contributed by atoms with Gasteiger partial charge >= 0.3 is 6.18 Å². The second-order valence-corrected chi connectivity index (χ2v) is 7.23. The van der Waals surface area contributed by atoms with Crippen molar-refractivity contribution in [3.05, 3.63) is 28.6 Å². The molecule has 0 N–H and O–H groups in total. The summed E-state index contributed by atoms with van der Waals surface area (Å²) in [7, 11) is 1.41. The van der Waals surface area contributed by atoms with Crippen molar-refractivity contribution in [3.8, 4) is 11.5 Å². The van der Waals surface area contributed by atoms with Crippen molar-refractivity contribution in [2.24, 2.45) is 7.05 Å². The van der Waals surface area contributed by atoms with Gasteiger partial charge in [-0.05, 0) is 28.9 Å². The average Bonchev–Trinajstić information content (AvgIpc) is 3.29. The van der Waals surface area contributed by atoms with Gasteiger partial charge in [-0.3, -0.25) is 9.48 Å². The van der Waals surface area contributed by atoms with Crippen LogP contribution in [0.5, 0.6) is 0 Å². The summed E-state index contributed by atoms with van der Waals surface area (Å²) < 4.78 is 43.3. The molecule has 13 heteroatoms. The molecule has 0 aliphatic heterocycles. The molecule has 0 radical (unpaired) electrons. The number of carbonyl (C=O) groups excluding carboxylic acids is 1. The molecule has 0 spiro atoms. The predicted molar refractivity (Wildman–Crippen MR) is 94.2 cm³/mol. The highest BCUT2D eigenvalue weighted by molar-refractivity contribution is 9.10. The summed E-state index contributed by atoms with van der Waals surface area (Å²) in [4.78, 5) is 12.1. The van der Waals surface area contributed by atoms with E-state index in [9.17, 15) is 18.0 Å². The number of carbonyl (C=O) groups is 1. The van der Waals surface area contributed by atoms with Crippen LogP contribution in [0.1, 0.15) is 17.4 Å². The van der Waals surface area contributed by atoms with Crippen molar-refractivity contribution in [1.82, 2.24) is 34.3 Å². The zero-order chi connectivity index (χ0) is 19.8. The number of aryl methyl sites for hydroxylation is 1. The Hall–Kier alpha value is -2.15. The van der Waals surface area contributed by atoms with Gasteiger partial charge in [-0.2, -0.15) is 23.4 Å². The smallest absolute Gasteiger partial charge is 0.301 e. The number of hydrogen-bond acceptors (Lipinski definition) is 6. The van der Waals surface area contributed by atoms with Crippen LogP contribution in [0.15, 0.2) is 28.1 Å². The Morgan fingerprint density at radius 1 is 1.33 bits per heavy atom. The monoisotopic (exact) mass is 463 g/mol. The van der Waals surface area contributed by atoms with Gasteiger partial charge < -0.3 is 4.57 Å². The summed E-state index contributed by atoms with van der Waals surface area (Å²) in [6, 6.07) is 0.928. The number of rotatable bonds is 5.